The molecule has 30 heavy (non-hydrogen) atoms. The Kier molecular flexibility index (Phi) is 5.76. The van der Waals surface area contributed by atoms with E-state index in [1.54, 1.807) is 12.1 Å². The normalized spacial score (nSPS) is 20.1. The molecular formula is C22H24N4O4. The summed E-state index contributed by atoms with van der Waals surface area (Å²) in [5.74, 6) is -0.196. The molecule has 4 rings (SSSR count). The first-order chi connectivity index (χ1) is 14.5. The molecule has 0 N–H and O–H groups in total. The number of hydrogen-bond acceptors (Lipinski definition) is 6. The maximum Gasteiger partial charge on any atom is 0.269 e. The van der Waals surface area contributed by atoms with Crippen molar-refractivity contribution < 1.29 is 14.5 Å². The van der Waals surface area contributed by atoms with Crippen molar-refractivity contribution in [2.45, 2.75) is 18.9 Å². The Bertz CT molecular complexity index is 924. The number of nitro groups is 1. The Morgan fingerprint density at radius 3 is 2.23 bits per heavy atom. The second-order valence-electron chi connectivity index (χ2n) is 7.64. The van der Waals surface area contributed by atoms with Crippen LogP contribution in [0.1, 0.15) is 12.0 Å². The van der Waals surface area contributed by atoms with E-state index in [1.807, 2.05) is 30.3 Å². The number of amides is 2. The molecule has 0 bridgehead atoms. The molecule has 0 radical (unpaired) electrons. The summed E-state index contributed by atoms with van der Waals surface area (Å²) >= 11 is 0. The van der Waals surface area contributed by atoms with Crippen LogP contribution in [0.3, 0.4) is 0 Å². The van der Waals surface area contributed by atoms with Crippen molar-refractivity contribution in [1.82, 2.24) is 9.80 Å². The number of nitrogens with zero attached hydrogens (tertiary/aromatic N) is 4. The standard InChI is InChI=1S/C22H24N4O4/c27-21-16-20(22(28)25(21)11-10-17-4-2-1-3-5-17)24-14-12-23(13-15-24)18-6-8-19(9-7-18)26(29)30/h1-9,20H,10-16H2/t20-/m0/s1. The van der Waals surface area contributed by atoms with E-state index in [2.05, 4.69) is 9.80 Å². The molecule has 2 aromatic rings. The number of non-ortho nitro benzene ring substituents is 1. The van der Waals surface area contributed by atoms with E-state index in [1.165, 1.54) is 17.0 Å². The van der Waals surface area contributed by atoms with Gasteiger partial charge in [-0.15, -0.1) is 0 Å². The van der Waals surface area contributed by atoms with E-state index in [9.17, 15) is 19.7 Å². The van der Waals surface area contributed by atoms with E-state index >= 15 is 0 Å². The third-order valence-corrected chi connectivity index (χ3v) is 5.87. The minimum Gasteiger partial charge on any atom is -0.369 e. The van der Waals surface area contributed by atoms with Crippen LogP contribution in [-0.4, -0.2) is 65.3 Å². The fourth-order valence-electron chi connectivity index (χ4n) is 4.15. The lowest BCUT2D eigenvalue weighted by molar-refractivity contribution is -0.384. The van der Waals surface area contributed by atoms with Gasteiger partial charge in [0, 0.05) is 50.5 Å². The fraction of sp³-hybridized carbons (Fsp3) is 0.364. The first-order valence-electron chi connectivity index (χ1n) is 10.1. The van der Waals surface area contributed by atoms with Crippen molar-refractivity contribution in [1.29, 1.82) is 0 Å². The molecule has 0 saturated carbocycles. The summed E-state index contributed by atoms with van der Waals surface area (Å²) in [6.45, 7) is 3.18. The van der Waals surface area contributed by atoms with Crippen LogP contribution in [0.5, 0.6) is 0 Å². The number of nitro benzene ring substituents is 1. The third-order valence-electron chi connectivity index (χ3n) is 5.87. The second-order valence-corrected chi connectivity index (χ2v) is 7.64. The summed E-state index contributed by atoms with van der Waals surface area (Å²) in [6.07, 6.45) is 0.907. The van der Waals surface area contributed by atoms with Gasteiger partial charge < -0.3 is 4.90 Å². The third kappa shape index (κ3) is 4.18. The van der Waals surface area contributed by atoms with Crippen LogP contribution in [0.25, 0.3) is 0 Å². The molecule has 8 nitrogen and oxygen atoms in total. The monoisotopic (exact) mass is 408 g/mol. The molecular weight excluding hydrogens is 384 g/mol. The maximum atomic E-state index is 12.9. The average Bonchev–Trinajstić information content (AvgIpc) is 3.06. The number of piperazine rings is 1. The number of anilines is 1. The van der Waals surface area contributed by atoms with E-state index < -0.39 is 4.92 Å². The van der Waals surface area contributed by atoms with Crippen molar-refractivity contribution >= 4 is 23.2 Å². The summed E-state index contributed by atoms with van der Waals surface area (Å²) in [6, 6.07) is 16.0. The quantitative estimate of drug-likeness (QED) is 0.413. The maximum absolute atomic E-state index is 12.9. The summed E-state index contributed by atoms with van der Waals surface area (Å²) in [5, 5.41) is 10.8. The number of imide groups is 1. The lowest BCUT2D eigenvalue weighted by Crippen LogP contribution is -2.52. The van der Waals surface area contributed by atoms with Crippen LogP contribution in [-0.2, 0) is 16.0 Å². The number of benzene rings is 2. The first kappa shape index (κ1) is 20.0. The molecule has 2 aliphatic rings. The van der Waals surface area contributed by atoms with Crippen LogP contribution >= 0.6 is 0 Å². The Morgan fingerprint density at radius 1 is 0.933 bits per heavy atom. The van der Waals surface area contributed by atoms with Crippen LogP contribution < -0.4 is 4.90 Å². The Balaban J connectivity index is 1.32. The summed E-state index contributed by atoms with van der Waals surface area (Å²) in [4.78, 5) is 41.4. The second kappa shape index (κ2) is 8.62. The number of carbonyl (C=O) groups is 2. The van der Waals surface area contributed by atoms with Crippen LogP contribution in [0, 0.1) is 10.1 Å². The Labute approximate surface area is 174 Å². The molecule has 2 saturated heterocycles. The molecule has 0 unspecified atom stereocenters. The van der Waals surface area contributed by atoms with Gasteiger partial charge in [-0.3, -0.25) is 29.5 Å². The zero-order valence-electron chi connectivity index (χ0n) is 16.6. The lowest BCUT2D eigenvalue weighted by atomic mass is 10.1. The largest absolute Gasteiger partial charge is 0.369 e. The Morgan fingerprint density at radius 2 is 1.60 bits per heavy atom. The van der Waals surface area contributed by atoms with E-state index in [0.29, 0.717) is 39.1 Å². The van der Waals surface area contributed by atoms with Crippen molar-refractivity contribution in [3.63, 3.8) is 0 Å². The SMILES string of the molecule is O=C1C[C@H](N2CCN(c3ccc([N+](=O)[O-])cc3)CC2)C(=O)N1CCc1ccccc1. The predicted octanol–water partition coefficient (Wildman–Crippen LogP) is 2.09. The predicted molar refractivity (Wildman–Crippen MR) is 112 cm³/mol. The summed E-state index contributed by atoms with van der Waals surface area (Å²) in [5.41, 5.74) is 2.11. The topological polar surface area (TPSA) is 87.0 Å². The van der Waals surface area contributed by atoms with Gasteiger partial charge in [0.2, 0.25) is 11.8 Å². The molecule has 2 fully saturated rings. The molecule has 2 aliphatic heterocycles. The van der Waals surface area contributed by atoms with Crippen molar-refractivity contribution in [3.8, 4) is 0 Å². The van der Waals surface area contributed by atoms with Crippen LogP contribution in [0.15, 0.2) is 54.6 Å². The Hall–Kier alpha value is -3.26. The zero-order valence-corrected chi connectivity index (χ0v) is 16.6. The first-order valence-corrected chi connectivity index (χ1v) is 10.1. The fourth-order valence-corrected chi connectivity index (χ4v) is 4.15. The highest BCUT2D eigenvalue weighted by Crippen LogP contribution is 2.24. The van der Waals surface area contributed by atoms with E-state index in [4.69, 9.17) is 0 Å². The highest BCUT2D eigenvalue weighted by atomic mass is 16.6. The van der Waals surface area contributed by atoms with Gasteiger partial charge in [0.15, 0.2) is 0 Å². The van der Waals surface area contributed by atoms with Crippen molar-refractivity contribution in [2.75, 3.05) is 37.6 Å². The number of hydrogen-bond donors (Lipinski definition) is 0. The zero-order chi connectivity index (χ0) is 21.1. The molecule has 1 atom stereocenters. The van der Waals surface area contributed by atoms with Gasteiger partial charge in [-0.05, 0) is 24.1 Å². The minimum absolute atomic E-state index is 0.0723. The van der Waals surface area contributed by atoms with Gasteiger partial charge in [0.05, 0.1) is 17.4 Å². The number of rotatable bonds is 6. The highest BCUT2D eigenvalue weighted by molar-refractivity contribution is 6.05. The van der Waals surface area contributed by atoms with Crippen LogP contribution in [0.4, 0.5) is 11.4 Å². The van der Waals surface area contributed by atoms with Gasteiger partial charge in [-0.25, -0.2) is 0 Å². The molecule has 0 aromatic heterocycles. The lowest BCUT2D eigenvalue weighted by Gasteiger charge is -2.38. The summed E-state index contributed by atoms with van der Waals surface area (Å²) < 4.78 is 0. The minimum atomic E-state index is -0.409. The van der Waals surface area contributed by atoms with E-state index in [-0.39, 0.29) is 30.0 Å². The number of carbonyl (C=O) groups excluding carboxylic acids is 2. The molecule has 2 aromatic carbocycles. The molecule has 2 heterocycles. The van der Waals surface area contributed by atoms with Crippen molar-refractivity contribution in [2.24, 2.45) is 0 Å². The highest BCUT2D eigenvalue weighted by Gasteiger charge is 2.42. The molecule has 2 amide bonds. The number of likely N-dealkylation sites (tertiary alicyclic amines) is 1. The van der Waals surface area contributed by atoms with Gasteiger partial charge in [-0.1, -0.05) is 30.3 Å². The van der Waals surface area contributed by atoms with Gasteiger partial charge in [0.25, 0.3) is 5.69 Å². The van der Waals surface area contributed by atoms with E-state index in [0.717, 1.165) is 11.3 Å². The molecule has 0 spiro atoms. The molecule has 0 aliphatic carbocycles. The van der Waals surface area contributed by atoms with Gasteiger partial charge in [0.1, 0.15) is 0 Å². The van der Waals surface area contributed by atoms with Crippen molar-refractivity contribution in [3.05, 3.63) is 70.3 Å². The smallest absolute Gasteiger partial charge is 0.269 e. The average molecular weight is 408 g/mol. The van der Waals surface area contributed by atoms with Gasteiger partial charge in [-0.2, -0.15) is 0 Å². The molecule has 156 valence electrons. The van der Waals surface area contributed by atoms with Crippen LogP contribution in [0.2, 0.25) is 0 Å². The summed E-state index contributed by atoms with van der Waals surface area (Å²) in [7, 11) is 0. The van der Waals surface area contributed by atoms with Gasteiger partial charge >= 0.3 is 0 Å². The molecule has 8 heteroatoms.